The SMILES string of the molecule is CC1(CO)Cc2ccc(Cl)cc2O1. The van der Waals surface area contributed by atoms with Crippen molar-refractivity contribution in [1.82, 2.24) is 0 Å². The van der Waals surface area contributed by atoms with E-state index >= 15 is 0 Å². The summed E-state index contributed by atoms with van der Waals surface area (Å²) in [7, 11) is 0. The first-order chi connectivity index (χ1) is 6.13. The quantitative estimate of drug-likeness (QED) is 0.748. The molecule has 0 radical (unpaired) electrons. The van der Waals surface area contributed by atoms with E-state index in [0.717, 1.165) is 17.7 Å². The lowest BCUT2D eigenvalue weighted by Gasteiger charge is -2.20. The lowest BCUT2D eigenvalue weighted by Crippen LogP contribution is -2.34. The molecule has 2 rings (SSSR count). The van der Waals surface area contributed by atoms with Gasteiger partial charge in [0.05, 0.1) is 6.61 Å². The lowest BCUT2D eigenvalue weighted by atomic mass is 10.0. The van der Waals surface area contributed by atoms with Crippen LogP contribution in [-0.2, 0) is 6.42 Å². The van der Waals surface area contributed by atoms with Crippen LogP contribution in [0.1, 0.15) is 12.5 Å². The Morgan fingerprint density at radius 1 is 1.62 bits per heavy atom. The smallest absolute Gasteiger partial charge is 0.133 e. The maximum atomic E-state index is 9.11. The Bertz CT molecular complexity index is 338. The second-order valence-corrected chi connectivity index (χ2v) is 4.08. The van der Waals surface area contributed by atoms with Gasteiger partial charge in [0.2, 0.25) is 0 Å². The highest BCUT2D eigenvalue weighted by molar-refractivity contribution is 6.30. The number of hydrogen-bond donors (Lipinski definition) is 1. The molecule has 1 atom stereocenters. The molecule has 1 unspecified atom stereocenters. The standard InChI is InChI=1S/C10H11ClO2/c1-10(6-12)5-7-2-3-8(11)4-9(7)13-10/h2-4,12H,5-6H2,1H3. The first kappa shape index (κ1) is 8.85. The molecule has 2 nitrogen and oxygen atoms in total. The number of ether oxygens (including phenoxy) is 1. The van der Waals surface area contributed by atoms with Crippen molar-refractivity contribution in [3.63, 3.8) is 0 Å². The third-order valence-electron chi connectivity index (χ3n) is 2.28. The van der Waals surface area contributed by atoms with Gasteiger partial charge in [-0.1, -0.05) is 17.7 Å². The predicted molar refractivity (Wildman–Crippen MR) is 51.3 cm³/mol. The molecular weight excluding hydrogens is 188 g/mol. The second kappa shape index (κ2) is 2.89. The van der Waals surface area contributed by atoms with E-state index in [1.807, 2.05) is 19.1 Å². The molecule has 1 heterocycles. The minimum absolute atomic E-state index is 0.0271. The van der Waals surface area contributed by atoms with Gasteiger partial charge in [-0.3, -0.25) is 0 Å². The fourth-order valence-electron chi connectivity index (χ4n) is 1.56. The van der Waals surface area contributed by atoms with Crippen LogP contribution in [0.5, 0.6) is 5.75 Å². The van der Waals surface area contributed by atoms with Gasteiger partial charge in [0.15, 0.2) is 0 Å². The zero-order valence-electron chi connectivity index (χ0n) is 7.38. The van der Waals surface area contributed by atoms with Crippen molar-refractivity contribution >= 4 is 11.6 Å². The normalized spacial score (nSPS) is 25.5. The van der Waals surface area contributed by atoms with E-state index in [9.17, 15) is 0 Å². The molecule has 0 aromatic heterocycles. The summed E-state index contributed by atoms with van der Waals surface area (Å²) in [6.45, 7) is 1.92. The van der Waals surface area contributed by atoms with Crippen molar-refractivity contribution in [2.45, 2.75) is 18.9 Å². The van der Waals surface area contributed by atoms with Crippen molar-refractivity contribution in [3.05, 3.63) is 28.8 Å². The summed E-state index contributed by atoms with van der Waals surface area (Å²) in [5, 5.41) is 9.78. The summed E-state index contributed by atoms with van der Waals surface area (Å²) in [6.07, 6.45) is 0.746. The molecule has 1 aromatic rings. The third-order valence-corrected chi connectivity index (χ3v) is 2.52. The van der Waals surface area contributed by atoms with Crippen LogP contribution in [-0.4, -0.2) is 17.3 Å². The van der Waals surface area contributed by atoms with Crippen LogP contribution in [0, 0.1) is 0 Å². The van der Waals surface area contributed by atoms with E-state index in [1.165, 1.54) is 0 Å². The minimum atomic E-state index is -0.465. The van der Waals surface area contributed by atoms with Gasteiger partial charge >= 0.3 is 0 Å². The number of hydrogen-bond acceptors (Lipinski definition) is 2. The molecule has 0 aliphatic carbocycles. The third kappa shape index (κ3) is 1.52. The second-order valence-electron chi connectivity index (χ2n) is 3.64. The first-order valence-corrected chi connectivity index (χ1v) is 4.59. The maximum absolute atomic E-state index is 9.11. The molecule has 13 heavy (non-hydrogen) atoms. The molecule has 3 heteroatoms. The maximum Gasteiger partial charge on any atom is 0.133 e. The van der Waals surface area contributed by atoms with E-state index in [1.54, 1.807) is 6.07 Å². The molecule has 0 spiro atoms. The largest absolute Gasteiger partial charge is 0.484 e. The topological polar surface area (TPSA) is 29.5 Å². The van der Waals surface area contributed by atoms with Crippen LogP contribution >= 0.6 is 11.6 Å². The van der Waals surface area contributed by atoms with Gasteiger partial charge in [0.1, 0.15) is 11.4 Å². The van der Waals surface area contributed by atoms with Crippen molar-refractivity contribution in [2.75, 3.05) is 6.61 Å². The van der Waals surface area contributed by atoms with Gasteiger partial charge in [0, 0.05) is 11.4 Å². The number of halogens is 1. The van der Waals surface area contributed by atoms with Gasteiger partial charge in [-0.25, -0.2) is 0 Å². The Morgan fingerprint density at radius 3 is 3.08 bits per heavy atom. The van der Waals surface area contributed by atoms with E-state index in [-0.39, 0.29) is 6.61 Å². The Kier molecular flexibility index (Phi) is 1.97. The van der Waals surface area contributed by atoms with Crippen LogP contribution in [0.15, 0.2) is 18.2 Å². The Hall–Kier alpha value is -0.730. The lowest BCUT2D eigenvalue weighted by molar-refractivity contribution is 0.0447. The van der Waals surface area contributed by atoms with E-state index in [2.05, 4.69) is 0 Å². The van der Waals surface area contributed by atoms with E-state index < -0.39 is 5.60 Å². The van der Waals surface area contributed by atoms with Crippen molar-refractivity contribution < 1.29 is 9.84 Å². The highest BCUT2D eigenvalue weighted by Crippen LogP contribution is 2.36. The summed E-state index contributed by atoms with van der Waals surface area (Å²) < 4.78 is 5.59. The van der Waals surface area contributed by atoms with Crippen molar-refractivity contribution in [2.24, 2.45) is 0 Å². The van der Waals surface area contributed by atoms with Crippen LogP contribution in [0.25, 0.3) is 0 Å². The van der Waals surface area contributed by atoms with Gasteiger partial charge in [-0.05, 0) is 24.6 Å². The first-order valence-electron chi connectivity index (χ1n) is 4.21. The van der Waals surface area contributed by atoms with Gasteiger partial charge < -0.3 is 9.84 Å². The molecule has 1 aliphatic rings. The highest BCUT2D eigenvalue weighted by Gasteiger charge is 2.33. The van der Waals surface area contributed by atoms with Crippen molar-refractivity contribution in [3.8, 4) is 5.75 Å². The Morgan fingerprint density at radius 2 is 2.38 bits per heavy atom. The molecule has 1 aromatic carbocycles. The van der Waals surface area contributed by atoms with Gasteiger partial charge in [0.25, 0.3) is 0 Å². The fourth-order valence-corrected chi connectivity index (χ4v) is 1.72. The fraction of sp³-hybridized carbons (Fsp3) is 0.400. The minimum Gasteiger partial charge on any atom is -0.484 e. The van der Waals surface area contributed by atoms with Crippen molar-refractivity contribution in [1.29, 1.82) is 0 Å². The summed E-state index contributed by atoms with van der Waals surface area (Å²) >= 11 is 5.82. The number of benzene rings is 1. The average molecular weight is 199 g/mol. The number of aliphatic hydroxyl groups excluding tert-OH is 1. The molecule has 0 fully saturated rings. The monoisotopic (exact) mass is 198 g/mol. The van der Waals surface area contributed by atoms with Crippen LogP contribution in [0.3, 0.4) is 0 Å². The van der Waals surface area contributed by atoms with Crippen LogP contribution in [0.4, 0.5) is 0 Å². The Labute approximate surface area is 82.1 Å². The predicted octanol–water partition coefficient (Wildman–Crippen LogP) is 2.03. The summed E-state index contributed by atoms with van der Waals surface area (Å²) in [4.78, 5) is 0. The van der Waals surface area contributed by atoms with Crippen LogP contribution < -0.4 is 4.74 Å². The zero-order chi connectivity index (χ0) is 9.47. The van der Waals surface area contributed by atoms with E-state index in [4.69, 9.17) is 21.4 Å². The highest BCUT2D eigenvalue weighted by atomic mass is 35.5. The number of rotatable bonds is 1. The zero-order valence-corrected chi connectivity index (χ0v) is 8.14. The van der Waals surface area contributed by atoms with Gasteiger partial charge in [-0.2, -0.15) is 0 Å². The number of fused-ring (bicyclic) bond motifs is 1. The molecule has 1 N–H and O–H groups in total. The molecular formula is C10H11ClO2. The average Bonchev–Trinajstić information content (AvgIpc) is 2.42. The summed E-state index contributed by atoms with van der Waals surface area (Å²) in [5.41, 5.74) is 0.647. The molecule has 70 valence electrons. The molecule has 0 amide bonds. The molecule has 0 bridgehead atoms. The summed E-state index contributed by atoms with van der Waals surface area (Å²) in [6, 6.07) is 5.57. The van der Waals surface area contributed by atoms with Gasteiger partial charge in [-0.15, -0.1) is 0 Å². The molecule has 1 aliphatic heterocycles. The Balaban J connectivity index is 2.35. The molecule has 0 saturated heterocycles. The molecule has 0 saturated carbocycles. The van der Waals surface area contributed by atoms with E-state index in [0.29, 0.717) is 5.02 Å². The summed E-state index contributed by atoms with van der Waals surface area (Å²) in [5.74, 6) is 0.795. The number of aliphatic hydroxyl groups is 1. The van der Waals surface area contributed by atoms with Crippen LogP contribution in [0.2, 0.25) is 5.02 Å².